The number of aromatic nitrogens is 1. The molecule has 106 valence electrons. The summed E-state index contributed by atoms with van der Waals surface area (Å²) < 4.78 is 43.6. The number of carbonyl (C=O) groups is 1. The van der Waals surface area contributed by atoms with Crippen molar-refractivity contribution in [3.8, 4) is 11.5 Å². The number of rotatable bonds is 4. The molecule has 0 bridgehead atoms. The summed E-state index contributed by atoms with van der Waals surface area (Å²) in [6.07, 6.45) is -3.39. The number of oxazole rings is 1. The van der Waals surface area contributed by atoms with Crippen LogP contribution in [-0.4, -0.2) is 16.1 Å². The molecule has 0 atom stereocenters. The first kappa shape index (κ1) is 14.1. The fraction of sp³-hybridized carbons (Fsp3) is 0.231. The molecule has 2 rings (SSSR count). The smallest absolute Gasteiger partial charge is 0.417 e. The molecule has 1 aromatic carbocycles. The molecular weight excluding hydrogens is 275 g/mol. The minimum absolute atomic E-state index is 0.104. The van der Waals surface area contributed by atoms with Crippen molar-refractivity contribution in [1.82, 2.24) is 4.98 Å². The second kappa shape index (κ2) is 5.36. The molecule has 0 aliphatic heterocycles. The maximum Gasteiger partial charge on any atom is 0.417 e. The molecule has 7 heteroatoms. The minimum atomic E-state index is -4.51. The van der Waals surface area contributed by atoms with E-state index in [1.54, 1.807) is 0 Å². The summed E-state index contributed by atoms with van der Waals surface area (Å²) in [6, 6.07) is 4.93. The van der Waals surface area contributed by atoms with Crippen LogP contribution < -0.4 is 0 Å². The summed E-state index contributed by atoms with van der Waals surface area (Å²) in [7, 11) is 0. The van der Waals surface area contributed by atoms with Gasteiger partial charge in [-0.15, -0.1) is 0 Å². The van der Waals surface area contributed by atoms with Crippen molar-refractivity contribution >= 4 is 5.97 Å². The van der Waals surface area contributed by atoms with Gasteiger partial charge in [0.25, 0.3) is 0 Å². The number of aliphatic carboxylic acids is 1. The van der Waals surface area contributed by atoms with Crippen LogP contribution in [0.1, 0.15) is 17.7 Å². The molecule has 20 heavy (non-hydrogen) atoms. The average molecular weight is 285 g/mol. The van der Waals surface area contributed by atoms with Crippen LogP contribution in [-0.2, 0) is 17.4 Å². The van der Waals surface area contributed by atoms with E-state index in [9.17, 15) is 18.0 Å². The predicted molar refractivity (Wildman–Crippen MR) is 62.9 cm³/mol. The number of carboxylic acids is 1. The van der Waals surface area contributed by atoms with Gasteiger partial charge in [0.2, 0.25) is 5.89 Å². The molecule has 0 saturated heterocycles. The number of hydrogen-bond acceptors (Lipinski definition) is 3. The highest BCUT2D eigenvalue weighted by Crippen LogP contribution is 2.36. The Bertz CT molecular complexity index is 619. The second-order valence-electron chi connectivity index (χ2n) is 4.08. The lowest BCUT2D eigenvalue weighted by Gasteiger charge is -2.09. The van der Waals surface area contributed by atoms with E-state index in [1.807, 2.05) is 0 Å². The predicted octanol–water partition coefficient (Wildman–Crippen LogP) is 3.38. The second-order valence-corrected chi connectivity index (χ2v) is 4.08. The summed E-state index contributed by atoms with van der Waals surface area (Å²) in [5.74, 6) is -1.18. The lowest BCUT2D eigenvalue weighted by atomic mass is 10.1. The monoisotopic (exact) mass is 285 g/mol. The molecule has 0 fully saturated rings. The topological polar surface area (TPSA) is 63.3 Å². The number of halogens is 3. The van der Waals surface area contributed by atoms with E-state index in [2.05, 4.69) is 4.98 Å². The highest BCUT2D eigenvalue weighted by molar-refractivity contribution is 5.67. The summed E-state index contributed by atoms with van der Waals surface area (Å²) in [6.45, 7) is 0. The third-order valence-corrected chi connectivity index (χ3v) is 2.61. The molecule has 0 unspecified atom stereocenters. The molecule has 0 amide bonds. The van der Waals surface area contributed by atoms with Gasteiger partial charge >= 0.3 is 12.1 Å². The van der Waals surface area contributed by atoms with E-state index < -0.39 is 17.7 Å². The van der Waals surface area contributed by atoms with Gasteiger partial charge in [-0.3, -0.25) is 4.79 Å². The number of carboxylic acid groups (broad SMARTS) is 1. The summed E-state index contributed by atoms with van der Waals surface area (Å²) >= 11 is 0. The zero-order valence-corrected chi connectivity index (χ0v) is 10.1. The highest BCUT2D eigenvalue weighted by Gasteiger charge is 2.34. The van der Waals surface area contributed by atoms with E-state index >= 15 is 0 Å². The van der Waals surface area contributed by atoms with Crippen LogP contribution in [0.5, 0.6) is 0 Å². The molecule has 0 radical (unpaired) electrons. The normalized spacial score (nSPS) is 11.6. The van der Waals surface area contributed by atoms with Crippen LogP contribution in [0.15, 0.2) is 34.9 Å². The van der Waals surface area contributed by atoms with Gasteiger partial charge in [-0.05, 0) is 12.1 Å². The third-order valence-electron chi connectivity index (χ3n) is 2.61. The van der Waals surface area contributed by atoms with E-state index in [-0.39, 0.29) is 24.3 Å². The van der Waals surface area contributed by atoms with Crippen LogP contribution >= 0.6 is 0 Å². The highest BCUT2D eigenvalue weighted by atomic mass is 19.4. The molecular formula is C13H10F3NO3. The Morgan fingerprint density at radius 2 is 2.00 bits per heavy atom. The zero-order valence-electron chi connectivity index (χ0n) is 10.1. The van der Waals surface area contributed by atoms with E-state index in [0.29, 0.717) is 5.69 Å². The molecule has 0 aliphatic carbocycles. The van der Waals surface area contributed by atoms with Crippen molar-refractivity contribution in [1.29, 1.82) is 0 Å². The van der Waals surface area contributed by atoms with E-state index in [4.69, 9.17) is 9.52 Å². The maximum absolute atomic E-state index is 12.8. The molecule has 2 aromatic rings. The van der Waals surface area contributed by atoms with Crippen molar-refractivity contribution in [3.63, 3.8) is 0 Å². The zero-order chi connectivity index (χ0) is 14.8. The molecule has 1 heterocycles. The van der Waals surface area contributed by atoms with Gasteiger partial charge in [-0.2, -0.15) is 13.2 Å². The first-order chi connectivity index (χ1) is 9.38. The van der Waals surface area contributed by atoms with Gasteiger partial charge in [0.1, 0.15) is 6.26 Å². The fourth-order valence-electron chi connectivity index (χ4n) is 1.70. The molecule has 4 nitrogen and oxygen atoms in total. The van der Waals surface area contributed by atoms with Gasteiger partial charge in [0, 0.05) is 12.0 Å². The van der Waals surface area contributed by atoms with Crippen molar-refractivity contribution in [2.45, 2.75) is 19.0 Å². The van der Waals surface area contributed by atoms with Gasteiger partial charge in [-0.1, -0.05) is 12.1 Å². The Hall–Kier alpha value is -2.31. The fourth-order valence-corrected chi connectivity index (χ4v) is 1.70. The van der Waals surface area contributed by atoms with E-state index in [0.717, 1.165) is 6.07 Å². The number of benzene rings is 1. The Balaban J connectivity index is 2.31. The van der Waals surface area contributed by atoms with Gasteiger partial charge in [0.05, 0.1) is 17.7 Å². The van der Waals surface area contributed by atoms with Gasteiger partial charge < -0.3 is 9.52 Å². The molecule has 1 N–H and O–H groups in total. The van der Waals surface area contributed by atoms with Gasteiger partial charge in [0.15, 0.2) is 0 Å². The van der Waals surface area contributed by atoms with Crippen LogP contribution in [0, 0.1) is 0 Å². The summed E-state index contributed by atoms with van der Waals surface area (Å²) in [4.78, 5) is 14.3. The third kappa shape index (κ3) is 3.17. The first-order valence-corrected chi connectivity index (χ1v) is 5.70. The SMILES string of the molecule is O=C(O)CCc1coc(-c2ccccc2C(F)(F)F)n1. The lowest BCUT2D eigenvalue weighted by molar-refractivity contribution is -0.138. The first-order valence-electron chi connectivity index (χ1n) is 5.70. The van der Waals surface area contributed by atoms with Crippen molar-refractivity contribution in [3.05, 3.63) is 41.8 Å². The molecule has 0 saturated carbocycles. The Morgan fingerprint density at radius 3 is 2.65 bits per heavy atom. The standard InChI is InChI=1S/C13H10F3NO3/c14-13(15,16)10-4-2-1-3-9(10)12-17-8(7-20-12)5-6-11(18)19/h1-4,7H,5-6H2,(H,18,19). The lowest BCUT2D eigenvalue weighted by Crippen LogP contribution is -2.07. The maximum atomic E-state index is 12.8. The molecule has 1 aromatic heterocycles. The van der Waals surface area contributed by atoms with Crippen molar-refractivity contribution in [2.75, 3.05) is 0 Å². The number of nitrogens with zero attached hydrogens (tertiary/aromatic N) is 1. The van der Waals surface area contributed by atoms with Crippen LogP contribution in [0.3, 0.4) is 0 Å². The van der Waals surface area contributed by atoms with Crippen molar-refractivity contribution < 1.29 is 27.5 Å². The number of hydrogen-bond donors (Lipinski definition) is 1. The van der Waals surface area contributed by atoms with Crippen LogP contribution in [0.25, 0.3) is 11.5 Å². The largest absolute Gasteiger partial charge is 0.481 e. The Labute approximate surface area is 111 Å². The Kier molecular flexibility index (Phi) is 3.78. The number of alkyl halides is 3. The van der Waals surface area contributed by atoms with Crippen molar-refractivity contribution in [2.24, 2.45) is 0 Å². The summed E-state index contributed by atoms with van der Waals surface area (Å²) in [5.41, 5.74) is -0.701. The van der Waals surface area contributed by atoms with Crippen LogP contribution in [0.4, 0.5) is 13.2 Å². The number of aryl methyl sites for hydroxylation is 1. The van der Waals surface area contributed by atoms with Gasteiger partial charge in [-0.25, -0.2) is 4.98 Å². The van der Waals surface area contributed by atoms with E-state index in [1.165, 1.54) is 24.5 Å². The molecule has 0 aliphatic rings. The summed E-state index contributed by atoms with van der Waals surface area (Å²) in [5, 5.41) is 8.54. The Morgan fingerprint density at radius 1 is 1.30 bits per heavy atom. The average Bonchev–Trinajstić information content (AvgIpc) is 2.84. The minimum Gasteiger partial charge on any atom is -0.481 e. The quantitative estimate of drug-likeness (QED) is 0.935. The molecule has 0 spiro atoms. The van der Waals surface area contributed by atoms with Crippen LogP contribution in [0.2, 0.25) is 0 Å².